The van der Waals surface area contributed by atoms with Crippen LogP contribution in [0.15, 0.2) is 24.3 Å². The van der Waals surface area contributed by atoms with Crippen LogP contribution in [0.5, 0.6) is 0 Å². The van der Waals surface area contributed by atoms with E-state index in [0.29, 0.717) is 5.92 Å². The number of amides is 1. The lowest BCUT2D eigenvalue weighted by molar-refractivity contribution is -0.123. The van der Waals surface area contributed by atoms with Gasteiger partial charge in [-0.25, -0.2) is 0 Å². The first-order valence-corrected chi connectivity index (χ1v) is 6.21. The molecule has 2 aliphatic heterocycles. The number of carbonyl (C=O) groups excluding carboxylic acids is 1. The number of hydrogen-bond donors (Lipinski definition) is 1. The second-order valence-electron chi connectivity index (χ2n) is 5.09. The monoisotopic (exact) mass is 231 g/mol. The van der Waals surface area contributed by atoms with Crippen LogP contribution in [0.4, 0.5) is 5.69 Å². The van der Waals surface area contributed by atoms with Gasteiger partial charge in [0.05, 0.1) is 5.41 Å². The molecule has 1 N–H and O–H groups in total. The molecule has 2 aliphatic rings. The maximum absolute atomic E-state index is 12.3. The van der Waals surface area contributed by atoms with Crippen molar-refractivity contribution in [2.45, 2.75) is 25.2 Å². The second kappa shape index (κ2) is 3.84. The number of nitrogens with one attached hydrogen (secondary N) is 1. The molecule has 3 rings (SSSR count). The van der Waals surface area contributed by atoms with Gasteiger partial charge in [-0.05, 0) is 37.3 Å². The predicted molar refractivity (Wildman–Crippen MR) is 66.0 cm³/mol. The molecule has 1 atom stereocenters. The highest BCUT2D eigenvalue weighted by molar-refractivity contribution is 6.06. The third kappa shape index (κ3) is 1.49. The maximum Gasteiger partial charge on any atom is 0.235 e. The fourth-order valence-corrected chi connectivity index (χ4v) is 3.10. The molecule has 90 valence electrons. The van der Waals surface area contributed by atoms with Gasteiger partial charge in [0, 0.05) is 18.9 Å². The van der Waals surface area contributed by atoms with Crippen LogP contribution < -0.4 is 5.32 Å². The lowest BCUT2D eigenvalue weighted by Crippen LogP contribution is -2.41. The Kier molecular flexibility index (Phi) is 2.44. The van der Waals surface area contributed by atoms with Crippen LogP contribution in [0.2, 0.25) is 0 Å². The van der Waals surface area contributed by atoms with Crippen molar-refractivity contribution in [1.82, 2.24) is 0 Å². The summed E-state index contributed by atoms with van der Waals surface area (Å²) in [5, 5.41) is 3.01. The van der Waals surface area contributed by atoms with Crippen molar-refractivity contribution in [3.8, 4) is 0 Å². The van der Waals surface area contributed by atoms with E-state index < -0.39 is 0 Å². The Balaban J connectivity index is 2.03. The standard InChI is InChI=1S/C14H17NO2/c1-14(10-6-8-17-9-7-10)11-4-2-3-5-12(11)15-13(14)16/h2-5,10H,6-9H2,1H3,(H,15,16). The first kappa shape index (κ1) is 10.8. The first-order valence-electron chi connectivity index (χ1n) is 6.21. The van der Waals surface area contributed by atoms with E-state index in [2.05, 4.69) is 18.3 Å². The van der Waals surface area contributed by atoms with Crippen molar-refractivity contribution in [2.24, 2.45) is 5.92 Å². The topological polar surface area (TPSA) is 38.3 Å². The third-order valence-electron chi connectivity index (χ3n) is 4.24. The number of para-hydroxylation sites is 1. The summed E-state index contributed by atoms with van der Waals surface area (Å²) in [7, 11) is 0. The van der Waals surface area contributed by atoms with Gasteiger partial charge in [0.1, 0.15) is 0 Å². The zero-order valence-corrected chi connectivity index (χ0v) is 10.0. The number of ether oxygens (including phenoxy) is 1. The molecule has 1 saturated heterocycles. The molecule has 1 aromatic carbocycles. The minimum absolute atomic E-state index is 0.144. The minimum Gasteiger partial charge on any atom is -0.381 e. The van der Waals surface area contributed by atoms with Crippen LogP contribution in [-0.2, 0) is 14.9 Å². The van der Waals surface area contributed by atoms with E-state index in [1.807, 2.05) is 18.2 Å². The molecule has 2 heterocycles. The number of rotatable bonds is 1. The van der Waals surface area contributed by atoms with Gasteiger partial charge in [-0.15, -0.1) is 0 Å². The molecule has 3 heteroatoms. The SMILES string of the molecule is CC1(C2CCOCC2)C(=O)Nc2ccccc21. The summed E-state index contributed by atoms with van der Waals surface area (Å²) in [4.78, 5) is 12.3. The molecule has 1 aromatic rings. The van der Waals surface area contributed by atoms with E-state index in [1.165, 1.54) is 0 Å². The highest BCUT2D eigenvalue weighted by Crippen LogP contribution is 2.45. The average Bonchev–Trinajstić information content (AvgIpc) is 2.64. The van der Waals surface area contributed by atoms with Gasteiger partial charge in [-0.1, -0.05) is 18.2 Å². The molecule has 17 heavy (non-hydrogen) atoms. The Bertz CT molecular complexity index is 451. The molecule has 0 saturated carbocycles. The molecule has 0 aromatic heterocycles. The zero-order valence-electron chi connectivity index (χ0n) is 10.0. The molecule has 0 spiro atoms. The summed E-state index contributed by atoms with van der Waals surface area (Å²) in [6, 6.07) is 8.03. The van der Waals surface area contributed by atoms with Crippen LogP contribution in [0, 0.1) is 5.92 Å². The van der Waals surface area contributed by atoms with Crippen LogP contribution in [0.25, 0.3) is 0 Å². The van der Waals surface area contributed by atoms with E-state index in [1.54, 1.807) is 0 Å². The lowest BCUT2D eigenvalue weighted by atomic mass is 9.69. The van der Waals surface area contributed by atoms with Crippen LogP contribution in [0.3, 0.4) is 0 Å². The molecule has 3 nitrogen and oxygen atoms in total. The van der Waals surface area contributed by atoms with Gasteiger partial charge >= 0.3 is 0 Å². The summed E-state index contributed by atoms with van der Waals surface area (Å²) < 4.78 is 5.40. The normalized spacial score (nSPS) is 28.9. The zero-order chi connectivity index (χ0) is 11.9. The number of anilines is 1. The van der Waals surface area contributed by atoms with Crippen LogP contribution in [-0.4, -0.2) is 19.1 Å². The molecule has 0 radical (unpaired) electrons. The summed E-state index contributed by atoms with van der Waals surface area (Å²) >= 11 is 0. The van der Waals surface area contributed by atoms with Crippen LogP contribution in [0.1, 0.15) is 25.3 Å². The molecule has 0 aliphatic carbocycles. The van der Waals surface area contributed by atoms with Gasteiger partial charge in [0.15, 0.2) is 0 Å². The molecular weight excluding hydrogens is 214 g/mol. The average molecular weight is 231 g/mol. The van der Waals surface area contributed by atoms with E-state index >= 15 is 0 Å². The summed E-state index contributed by atoms with van der Waals surface area (Å²) in [6.07, 6.45) is 1.94. The molecule has 1 fully saturated rings. The fraction of sp³-hybridized carbons (Fsp3) is 0.500. The van der Waals surface area contributed by atoms with E-state index in [-0.39, 0.29) is 11.3 Å². The van der Waals surface area contributed by atoms with Gasteiger partial charge in [0.25, 0.3) is 0 Å². The summed E-state index contributed by atoms with van der Waals surface area (Å²) in [6.45, 7) is 3.62. The van der Waals surface area contributed by atoms with Crippen molar-refractivity contribution in [3.63, 3.8) is 0 Å². The van der Waals surface area contributed by atoms with E-state index in [4.69, 9.17) is 4.74 Å². The summed E-state index contributed by atoms with van der Waals surface area (Å²) in [5.41, 5.74) is 1.75. The first-order chi connectivity index (χ1) is 8.23. The molecule has 1 unspecified atom stereocenters. The Morgan fingerprint density at radius 2 is 2.00 bits per heavy atom. The van der Waals surface area contributed by atoms with Crippen LogP contribution >= 0.6 is 0 Å². The smallest absolute Gasteiger partial charge is 0.235 e. The van der Waals surface area contributed by atoms with Gasteiger partial charge in [-0.3, -0.25) is 4.79 Å². The Hall–Kier alpha value is -1.35. The highest BCUT2D eigenvalue weighted by atomic mass is 16.5. The Morgan fingerprint density at radius 3 is 2.76 bits per heavy atom. The maximum atomic E-state index is 12.3. The second-order valence-corrected chi connectivity index (χ2v) is 5.09. The largest absolute Gasteiger partial charge is 0.381 e. The highest BCUT2D eigenvalue weighted by Gasteiger charge is 2.48. The lowest BCUT2D eigenvalue weighted by Gasteiger charge is -2.35. The quantitative estimate of drug-likeness (QED) is 0.805. The predicted octanol–water partition coefficient (Wildman–Crippen LogP) is 2.32. The minimum atomic E-state index is -0.375. The van der Waals surface area contributed by atoms with Crippen molar-refractivity contribution >= 4 is 11.6 Å². The van der Waals surface area contributed by atoms with Gasteiger partial charge < -0.3 is 10.1 Å². The van der Waals surface area contributed by atoms with E-state index in [0.717, 1.165) is 37.3 Å². The Morgan fingerprint density at radius 1 is 1.29 bits per heavy atom. The number of carbonyl (C=O) groups is 1. The van der Waals surface area contributed by atoms with Crippen molar-refractivity contribution in [3.05, 3.63) is 29.8 Å². The Labute approximate surface area is 101 Å². The fourth-order valence-electron chi connectivity index (χ4n) is 3.10. The van der Waals surface area contributed by atoms with Crippen molar-refractivity contribution < 1.29 is 9.53 Å². The summed E-state index contributed by atoms with van der Waals surface area (Å²) in [5.74, 6) is 0.533. The van der Waals surface area contributed by atoms with Gasteiger partial charge in [0.2, 0.25) is 5.91 Å². The number of hydrogen-bond acceptors (Lipinski definition) is 2. The van der Waals surface area contributed by atoms with Crippen molar-refractivity contribution in [1.29, 1.82) is 0 Å². The van der Waals surface area contributed by atoms with Crippen molar-refractivity contribution in [2.75, 3.05) is 18.5 Å². The number of benzene rings is 1. The third-order valence-corrected chi connectivity index (χ3v) is 4.24. The number of fused-ring (bicyclic) bond motifs is 1. The molecule has 1 amide bonds. The molecule has 0 bridgehead atoms. The van der Waals surface area contributed by atoms with E-state index in [9.17, 15) is 4.79 Å². The molecular formula is C14H17NO2. The van der Waals surface area contributed by atoms with Gasteiger partial charge in [-0.2, -0.15) is 0 Å².